The molecule has 20 heavy (non-hydrogen) atoms. The van der Waals surface area contributed by atoms with Crippen molar-refractivity contribution in [2.75, 3.05) is 13.1 Å². The number of piperidine rings is 1. The number of likely N-dealkylation sites (tertiary alicyclic amines) is 1. The van der Waals surface area contributed by atoms with Crippen molar-refractivity contribution in [1.29, 1.82) is 0 Å². The van der Waals surface area contributed by atoms with Crippen LogP contribution in [0, 0.1) is 5.92 Å². The summed E-state index contributed by atoms with van der Waals surface area (Å²) < 4.78 is 2.17. The van der Waals surface area contributed by atoms with Crippen molar-refractivity contribution in [1.82, 2.24) is 14.5 Å². The van der Waals surface area contributed by atoms with Crippen LogP contribution in [0.5, 0.6) is 0 Å². The first-order valence-corrected chi connectivity index (χ1v) is 7.29. The maximum absolute atomic E-state index is 6.09. The number of aromatic nitrogens is 2. The van der Waals surface area contributed by atoms with Crippen LogP contribution in [-0.4, -0.2) is 33.6 Å². The highest BCUT2D eigenvalue weighted by Gasteiger charge is 2.23. The van der Waals surface area contributed by atoms with Gasteiger partial charge in [-0.05, 0) is 24.5 Å². The molecule has 0 aliphatic carbocycles. The number of imidazole rings is 1. The minimum atomic E-state index is 0.347. The molecule has 1 saturated heterocycles. The minimum Gasteiger partial charge on any atom is -0.327 e. The van der Waals surface area contributed by atoms with E-state index in [1.54, 1.807) is 0 Å². The van der Waals surface area contributed by atoms with Crippen LogP contribution in [0.15, 0.2) is 42.7 Å². The molecule has 4 nitrogen and oxygen atoms in total. The summed E-state index contributed by atoms with van der Waals surface area (Å²) in [5.41, 5.74) is 7.26. The van der Waals surface area contributed by atoms with Crippen molar-refractivity contribution in [2.45, 2.75) is 25.9 Å². The van der Waals surface area contributed by atoms with Gasteiger partial charge in [0.15, 0.2) is 0 Å². The van der Waals surface area contributed by atoms with Crippen molar-refractivity contribution in [2.24, 2.45) is 11.7 Å². The first kappa shape index (κ1) is 13.3. The lowest BCUT2D eigenvalue weighted by molar-refractivity contribution is 0.154. The van der Waals surface area contributed by atoms with Crippen LogP contribution in [0.1, 0.15) is 19.2 Å². The number of hydrogen-bond donors (Lipinski definition) is 1. The van der Waals surface area contributed by atoms with E-state index in [0.29, 0.717) is 12.0 Å². The third-order valence-electron chi connectivity index (χ3n) is 4.17. The Balaban J connectivity index is 1.75. The molecule has 1 aliphatic rings. The standard InChI is InChI=1S/C16H22N4/c1-13-11-19(9-7-15(13)17)12-16-18-8-10-20(16)14-5-3-2-4-6-14/h2-6,8,10,13,15H,7,9,11-12,17H2,1H3. The fourth-order valence-electron chi connectivity index (χ4n) is 2.87. The Morgan fingerprint density at radius 3 is 2.85 bits per heavy atom. The van der Waals surface area contributed by atoms with Crippen LogP contribution < -0.4 is 5.73 Å². The quantitative estimate of drug-likeness (QED) is 0.928. The number of rotatable bonds is 3. The second-order valence-corrected chi connectivity index (χ2v) is 5.71. The average Bonchev–Trinajstić information content (AvgIpc) is 2.92. The molecule has 1 fully saturated rings. The summed E-state index contributed by atoms with van der Waals surface area (Å²) in [6, 6.07) is 10.7. The Hall–Kier alpha value is -1.65. The fourth-order valence-corrected chi connectivity index (χ4v) is 2.87. The molecule has 2 N–H and O–H groups in total. The van der Waals surface area contributed by atoms with Gasteiger partial charge in [0.25, 0.3) is 0 Å². The maximum Gasteiger partial charge on any atom is 0.127 e. The van der Waals surface area contributed by atoms with Crippen molar-refractivity contribution >= 4 is 0 Å². The van der Waals surface area contributed by atoms with Crippen LogP contribution in [0.3, 0.4) is 0 Å². The summed E-state index contributed by atoms with van der Waals surface area (Å²) in [4.78, 5) is 6.97. The molecule has 2 atom stereocenters. The summed E-state index contributed by atoms with van der Waals surface area (Å²) in [5, 5.41) is 0. The van der Waals surface area contributed by atoms with E-state index in [-0.39, 0.29) is 0 Å². The number of para-hydroxylation sites is 1. The summed E-state index contributed by atoms with van der Waals surface area (Å²) in [7, 11) is 0. The lowest BCUT2D eigenvalue weighted by atomic mass is 9.95. The fraction of sp³-hybridized carbons (Fsp3) is 0.438. The van der Waals surface area contributed by atoms with Gasteiger partial charge in [-0.1, -0.05) is 25.1 Å². The molecule has 0 amide bonds. The second-order valence-electron chi connectivity index (χ2n) is 5.71. The molecule has 1 aliphatic heterocycles. The molecule has 1 aromatic carbocycles. The predicted octanol–water partition coefficient (Wildman–Crippen LogP) is 2.04. The van der Waals surface area contributed by atoms with Crippen molar-refractivity contribution in [3.05, 3.63) is 48.5 Å². The van der Waals surface area contributed by atoms with E-state index < -0.39 is 0 Å². The SMILES string of the molecule is CC1CN(Cc2nccn2-c2ccccc2)CCC1N. The largest absolute Gasteiger partial charge is 0.327 e. The summed E-state index contributed by atoms with van der Waals surface area (Å²) in [6.45, 7) is 5.25. The molecule has 3 rings (SSSR count). The van der Waals surface area contributed by atoms with Crippen LogP contribution >= 0.6 is 0 Å². The van der Waals surface area contributed by atoms with Gasteiger partial charge in [-0.2, -0.15) is 0 Å². The van der Waals surface area contributed by atoms with E-state index >= 15 is 0 Å². The normalized spacial score (nSPS) is 23.9. The number of hydrogen-bond acceptors (Lipinski definition) is 3. The Morgan fingerprint density at radius 2 is 2.10 bits per heavy atom. The average molecular weight is 270 g/mol. The zero-order valence-electron chi connectivity index (χ0n) is 11.9. The minimum absolute atomic E-state index is 0.347. The van der Waals surface area contributed by atoms with Gasteiger partial charge < -0.3 is 10.3 Å². The summed E-state index contributed by atoms with van der Waals surface area (Å²) >= 11 is 0. The second kappa shape index (κ2) is 5.77. The highest BCUT2D eigenvalue weighted by molar-refractivity contribution is 5.32. The predicted molar refractivity (Wildman–Crippen MR) is 80.6 cm³/mol. The van der Waals surface area contributed by atoms with Gasteiger partial charge in [-0.15, -0.1) is 0 Å². The molecular weight excluding hydrogens is 248 g/mol. The first-order valence-electron chi connectivity index (χ1n) is 7.29. The Bertz CT molecular complexity index is 549. The van der Waals surface area contributed by atoms with Gasteiger partial charge in [-0.3, -0.25) is 4.90 Å². The van der Waals surface area contributed by atoms with E-state index in [1.807, 2.05) is 18.5 Å². The van der Waals surface area contributed by atoms with E-state index in [2.05, 4.69) is 45.6 Å². The molecule has 2 unspecified atom stereocenters. The van der Waals surface area contributed by atoms with Gasteiger partial charge in [-0.25, -0.2) is 4.98 Å². The van der Waals surface area contributed by atoms with Crippen molar-refractivity contribution < 1.29 is 0 Å². The lowest BCUT2D eigenvalue weighted by Crippen LogP contribution is -2.45. The third kappa shape index (κ3) is 2.76. The molecule has 0 spiro atoms. The Morgan fingerprint density at radius 1 is 1.30 bits per heavy atom. The Labute approximate surface area is 120 Å². The lowest BCUT2D eigenvalue weighted by Gasteiger charge is -2.34. The maximum atomic E-state index is 6.09. The molecular formula is C16H22N4. The molecule has 0 radical (unpaired) electrons. The van der Waals surface area contributed by atoms with Gasteiger partial charge in [0, 0.05) is 37.2 Å². The highest BCUT2D eigenvalue weighted by atomic mass is 15.2. The summed E-state index contributed by atoms with van der Waals surface area (Å²) in [5.74, 6) is 1.66. The van der Waals surface area contributed by atoms with Crippen LogP contribution in [0.25, 0.3) is 5.69 Å². The zero-order chi connectivity index (χ0) is 13.9. The van der Waals surface area contributed by atoms with Crippen molar-refractivity contribution in [3.63, 3.8) is 0 Å². The monoisotopic (exact) mass is 270 g/mol. The topological polar surface area (TPSA) is 47.1 Å². The molecule has 2 heterocycles. The zero-order valence-corrected chi connectivity index (χ0v) is 11.9. The van der Waals surface area contributed by atoms with E-state index in [0.717, 1.165) is 31.9 Å². The Kier molecular flexibility index (Phi) is 3.85. The van der Waals surface area contributed by atoms with Crippen LogP contribution in [-0.2, 0) is 6.54 Å². The molecule has 4 heteroatoms. The molecule has 2 aromatic rings. The highest BCUT2D eigenvalue weighted by Crippen LogP contribution is 2.18. The molecule has 0 saturated carbocycles. The van der Waals surface area contributed by atoms with Crippen LogP contribution in [0.4, 0.5) is 0 Å². The van der Waals surface area contributed by atoms with Crippen LogP contribution in [0.2, 0.25) is 0 Å². The van der Waals surface area contributed by atoms with E-state index in [1.165, 1.54) is 5.69 Å². The smallest absolute Gasteiger partial charge is 0.127 e. The van der Waals surface area contributed by atoms with Gasteiger partial charge in [0.2, 0.25) is 0 Å². The van der Waals surface area contributed by atoms with E-state index in [4.69, 9.17) is 5.73 Å². The molecule has 106 valence electrons. The summed E-state index contributed by atoms with van der Waals surface area (Å²) in [6.07, 6.45) is 4.98. The van der Waals surface area contributed by atoms with Gasteiger partial charge >= 0.3 is 0 Å². The number of nitrogens with zero attached hydrogens (tertiary/aromatic N) is 3. The number of benzene rings is 1. The molecule has 0 bridgehead atoms. The van der Waals surface area contributed by atoms with Gasteiger partial charge in [0.05, 0.1) is 6.54 Å². The van der Waals surface area contributed by atoms with E-state index in [9.17, 15) is 0 Å². The first-order chi connectivity index (χ1) is 9.74. The number of nitrogens with two attached hydrogens (primary N) is 1. The third-order valence-corrected chi connectivity index (χ3v) is 4.17. The van der Waals surface area contributed by atoms with Gasteiger partial charge in [0.1, 0.15) is 5.82 Å². The van der Waals surface area contributed by atoms with Crippen molar-refractivity contribution in [3.8, 4) is 5.69 Å². The molecule has 1 aromatic heterocycles.